The Morgan fingerprint density at radius 3 is 2.56 bits per heavy atom. The monoisotopic (exact) mass is 228 g/mol. The van der Waals surface area contributed by atoms with E-state index >= 15 is 0 Å². The largest absolute Gasteiger partial charge is 0.394 e. The highest BCUT2D eigenvalue weighted by Crippen LogP contribution is 2.29. The molecule has 4 N–H and O–H groups in total. The van der Waals surface area contributed by atoms with Crippen LogP contribution in [0, 0.1) is 5.92 Å². The molecule has 1 aliphatic carbocycles. The standard InChI is InChI=1S/C12H24N2O2/c1-2-5-10(8-13)11(16)14-12(9-15)6-3-4-7-12/h10,15H,2-9,13H2,1H3,(H,14,16). The highest BCUT2D eigenvalue weighted by atomic mass is 16.3. The zero-order chi connectivity index (χ0) is 12.0. The molecule has 1 amide bonds. The Morgan fingerprint density at radius 2 is 2.12 bits per heavy atom. The topological polar surface area (TPSA) is 75.4 Å². The van der Waals surface area contributed by atoms with E-state index in [-0.39, 0.29) is 24.0 Å². The summed E-state index contributed by atoms with van der Waals surface area (Å²) in [4.78, 5) is 12.0. The lowest BCUT2D eigenvalue weighted by Gasteiger charge is -2.30. The molecule has 0 aliphatic heterocycles. The number of amides is 1. The third-order valence-corrected chi connectivity index (χ3v) is 3.54. The highest BCUT2D eigenvalue weighted by Gasteiger charge is 2.35. The number of rotatable bonds is 6. The fraction of sp³-hybridized carbons (Fsp3) is 0.917. The minimum atomic E-state index is -0.363. The van der Waals surface area contributed by atoms with E-state index in [1.807, 2.05) is 6.92 Å². The van der Waals surface area contributed by atoms with Gasteiger partial charge in [-0.2, -0.15) is 0 Å². The normalized spacial score (nSPS) is 20.7. The van der Waals surface area contributed by atoms with Crippen LogP contribution in [0.2, 0.25) is 0 Å². The molecule has 1 aliphatic rings. The van der Waals surface area contributed by atoms with E-state index in [1.165, 1.54) is 0 Å². The lowest BCUT2D eigenvalue weighted by atomic mass is 9.95. The minimum absolute atomic E-state index is 0.0142. The molecule has 0 aromatic carbocycles. The van der Waals surface area contributed by atoms with Gasteiger partial charge in [0.1, 0.15) is 0 Å². The van der Waals surface area contributed by atoms with Crippen molar-refractivity contribution in [2.45, 2.75) is 51.0 Å². The Balaban J connectivity index is 2.53. The molecule has 0 saturated heterocycles. The maximum Gasteiger partial charge on any atom is 0.224 e. The molecular formula is C12H24N2O2. The van der Waals surface area contributed by atoms with Crippen molar-refractivity contribution in [1.82, 2.24) is 5.32 Å². The third-order valence-electron chi connectivity index (χ3n) is 3.54. The Kier molecular flexibility index (Phi) is 5.22. The van der Waals surface area contributed by atoms with Gasteiger partial charge in [-0.25, -0.2) is 0 Å². The van der Waals surface area contributed by atoms with E-state index in [1.54, 1.807) is 0 Å². The lowest BCUT2D eigenvalue weighted by molar-refractivity contribution is -0.127. The molecule has 0 radical (unpaired) electrons. The van der Waals surface area contributed by atoms with Gasteiger partial charge < -0.3 is 16.2 Å². The number of carbonyl (C=O) groups excluding carboxylic acids is 1. The first kappa shape index (κ1) is 13.5. The van der Waals surface area contributed by atoms with Crippen LogP contribution in [0.15, 0.2) is 0 Å². The first-order chi connectivity index (χ1) is 7.67. The quantitative estimate of drug-likeness (QED) is 0.629. The average Bonchev–Trinajstić information content (AvgIpc) is 2.75. The summed E-state index contributed by atoms with van der Waals surface area (Å²) in [7, 11) is 0. The fourth-order valence-corrected chi connectivity index (χ4v) is 2.44. The van der Waals surface area contributed by atoms with Crippen LogP contribution < -0.4 is 11.1 Å². The lowest BCUT2D eigenvalue weighted by Crippen LogP contribution is -2.52. The fourth-order valence-electron chi connectivity index (χ4n) is 2.44. The smallest absolute Gasteiger partial charge is 0.224 e. The first-order valence-corrected chi connectivity index (χ1v) is 6.30. The van der Waals surface area contributed by atoms with Gasteiger partial charge in [0.15, 0.2) is 0 Å². The summed E-state index contributed by atoms with van der Waals surface area (Å²) in [5, 5.41) is 12.4. The molecule has 0 bridgehead atoms. The van der Waals surface area contributed by atoms with E-state index in [0.717, 1.165) is 38.5 Å². The van der Waals surface area contributed by atoms with Gasteiger partial charge >= 0.3 is 0 Å². The van der Waals surface area contributed by atoms with Gasteiger partial charge in [-0.3, -0.25) is 4.79 Å². The Hall–Kier alpha value is -0.610. The van der Waals surface area contributed by atoms with Crippen LogP contribution in [-0.2, 0) is 4.79 Å². The molecule has 0 aromatic rings. The number of nitrogens with two attached hydrogens (primary N) is 1. The molecule has 0 aromatic heterocycles. The Labute approximate surface area is 97.6 Å². The molecule has 0 spiro atoms. The maximum absolute atomic E-state index is 12.0. The number of aliphatic hydroxyl groups excluding tert-OH is 1. The van der Waals surface area contributed by atoms with Gasteiger partial charge in [-0.15, -0.1) is 0 Å². The van der Waals surface area contributed by atoms with Crippen molar-refractivity contribution in [2.24, 2.45) is 11.7 Å². The summed E-state index contributed by atoms with van der Waals surface area (Å²) in [6, 6.07) is 0. The van der Waals surface area contributed by atoms with Gasteiger partial charge in [0, 0.05) is 6.54 Å². The van der Waals surface area contributed by atoms with Crippen LogP contribution >= 0.6 is 0 Å². The van der Waals surface area contributed by atoms with Crippen molar-refractivity contribution in [3.8, 4) is 0 Å². The van der Waals surface area contributed by atoms with E-state index < -0.39 is 0 Å². The predicted octanol–water partition coefficient (Wildman–Crippen LogP) is 0.783. The van der Waals surface area contributed by atoms with E-state index in [9.17, 15) is 9.90 Å². The Morgan fingerprint density at radius 1 is 1.50 bits per heavy atom. The summed E-state index contributed by atoms with van der Waals surface area (Å²) < 4.78 is 0. The molecule has 1 unspecified atom stereocenters. The van der Waals surface area contributed by atoms with E-state index in [4.69, 9.17) is 5.73 Å². The number of aliphatic hydroxyl groups is 1. The average molecular weight is 228 g/mol. The second-order valence-electron chi connectivity index (χ2n) is 4.86. The molecule has 0 heterocycles. The molecule has 1 atom stereocenters. The highest BCUT2D eigenvalue weighted by molar-refractivity contribution is 5.79. The van der Waals surface area contributed by atoms with Crippen LogP contribution in [0.3, 0.4) is 0 Å². The molecule has 1 fully saturated rings. The molecule has 16 heavy (non-hydrogen) atoms. The third kappa shape index (κ3) is 3.19. The number of carbonyl (C=O) groups is 1. The number of hydrogen-bond acceptors (Lipinski definition) is 3. The first-order valence-electron chi connectivity index (χ1n) is 6.30. The van der Waals surface area contributed by atoms with Gasteiger partial charge in [0.05, 0.1) is 18.1 Å². The van der Waals surface area contributed by atoms with Crippen molar-refractivity contribution >= 4 is 5.91 Å². The maximum atomic E-state index is 12.0. The summed E-state index contributed by atoms with van der Waals surface area (Å²) in [5.74, 6) is -0.0886. The number of nitrogens with one attached hydrogen (secondary N) is 1. The molecule has 94 valence electrons. The molecular weight excluding hydrogens is 204 g/mol. The molecule has 4 nitrogen and oxygen atoms in total. The molecule has 4 heteroatoms. The number of hydrogen-bond donors (Lipinski definition) is 3. The van der Waals surface area contributed by atoms with Crippen LogP contribution in [0.25, 0.3) is 0 Å². The predicted molar refractivity (Wildman–Crippen MR) is 63.9 cm³/mol. The van der Waals surface area contributed by atoms with Gasteiger partial charge in [0.2, 0.25) is 5.91 Å². The molecule has 1 rings (SSSR count). The summed E-state index contributed by atoms with van der Waals surface area (Å²) >= 11 is 0. The van der Waals surface area contributed by atoms with Gasteiger partial charge in [0.25, 0.3) is 0 Å². The molecule has 1 saturated carbocycles. The van der Waals surface area contributed by atoms with Crippen LogP contribution in [0.4, 0.5) is 0 Å². The Bertz CT molecular complexity index is 225. The summed E-state index contributed by atoms with van der Waals surface area (Å²) in [5.41, 5.74) is 5.23. The van der Waals surface area contributed by atoms with Crippen molar-refractivity contribution in [2.75, 3.05) is 13.2 Å². The van der Waals surface area contributed by atoms with Crippen molar-refractivity contribution in [3.05, 3.63) is 0 Å². The van der Waals surface area contributed by atoms with Gasteiger partial charge in [-0.1, -0.05) is 26.2 Å². The van der Waals surface area contributed by atoms with Crippen molar-refractivity contribution < 1.29 is 9.90 Å². The second kappa shape index (κ2) is 6.21. The second-order valence-corrected chi connectivity index (χ2v) is 4.86. The van der Waals surface area contributed by atoms with E-state index in [2.05, 4.69) is 5.32 Å². The van der Waals surface area contributed by atoms with Crippen LogP contribution in [0.1, 0.15) is 45.4 Å². The zero-order valence-corrected chi connectivity index (χ0v) is 10.2. The van der Waals surface area contributed by atoms with Crippen molar-refractivity contribution in [1.29, 1.82) is 0 Å². The van der Waals surface area contributed by atoms with Gasteiger partial charge in [-0.05, 0) is 19.3 Å². The summed E-state index contributed by atoms with van der Waals surface area (Å²) in [6.07, 6.45) is 5.73. The van der Waals surface area contributed by atoms with E-state index in [0.29, 0.717) is 6.54 Å². The van der Waals surface area contributed by atoms with Crippen molar-refractivity contribution in [3.63, 3.8) is 0 Å². The SMILES string of the molecule is CCCC(CN)C(=O)NC1(CO)CCCC1. The summed E-state index contributed by atoms with van der Waals surface area (Å²) in [6.45, 7) is 2.48. The van der Waals surface area contributed by atoms with Crippen LogP contribution in [-0.4, -0.2) is 29.7 Å². The zero-order valence-electron chi connectivity index (χ0n) is 10.2. The van der Waals surface area contributed by atoms with Crippen LogP contribution in [0.5, 0.6) is 0 Å². The minimum Gasteiger partial charge on any atom is -0.394 e.